The summed E-state index contributed by atoms with van der Waals surface area (Å²) in [5.74, 6) is -0.656. The van der Waals surface area contributed by atoms with Gasteiger partial charge in [0.1, 0.15) is 0 Å². The van der Waals surface area contributed by atoms with Gasteiger partial charge >= 0.3 is 11.4 Å². The van der Waals surface area contributed by atoms with Gasteiger partial charge in [0.15, 0.2) is 6.17 Å². The van der Waals surface area contributed by atoms with Gasteiger partial charge < -0.3 is 4.90 Å². The molecule has 0 saturated heterocycles. The van der Waals surface area contributed by atoms with Gasteiger partial charge in [-0.05, 0) is 17.7 Å². The van der Waals surface area contributed by atoms with Crippen LogP contribution in [0, 0.1) is 5.92 Å². The summed E-state index contributed by atoms with van der Waals surface area (Å²) in [5.41, 5.74) is -0.725. The van der Waals surface area contributed by atoms with Crippen molar-refractivity contribution in [2.24, 2.45) is 10.9 Å². The first kappa shape index (κ1) is 18.4. The van der Waals surface area contributed by atoms with E-state index in [0.717, 1.165) is 10.1 Å². The molecule has 2 aromatic carbocycles. The van der Waals surface area contributed by atoms with Crippen molar-refractivity contribution in [3.05, 3.63) is 87.2 Å². The van der Waals surface area contributed by atoms with Crippen molar-refractivity contribution < 1.29 is 4.79 Å². The Balaban J connectivity index is 1.90. The second-order valence-electron chi connectivity index (χ2n) is 7.93. The van der Waals surface area contributed by atoms with Gasteiger partial charge in [0.2, 0.25) is 5.66 Å². The molecule has 8 nitrogen and oxygen atoms in total. The summed E-state index contributed by atoms with van der Waals surface area (Å²) in [7, 11) is 1.65. The molecule has 6 rings (SSSR count). The van der Waals surface area contributed by atoms with Gasteiger partial charge in [-0.25, -0.2) is 19.1 Å². The lowest BCUT2D eigenvalue weighted by atomic mass is 9.89. The molecule has 0 N–H and O–H groups in total. The first-order valence-electron chi connectivity index (χ1n) is 9.84. The minimum absolute atomic E-state index is 0.297. The van der Waals surface area contributed by atoms with Crippen molar-refractivity contribution in [3.8, 4) is 5.69 Å². The van der Waals surface area contributed by atoms with E-state index in [-0.39, 0.29) is 11.8 Å². The Kier molecular flexibility index (Phi) is 3.77. The number of hydrogen-bond acceptors (Lipinski definition) is 4. The van der Waals surface area contributed by atoms with Crippen LogP contribution in [0.3, 0.4) is 0 Å². The molecule has 0 radical (unpaired) electrons. The van der Waals surface area contributed by atoms with Gasteiger partial charge in [0, 0.05) is 13.0 Å². The number of fused-ring (bicyclic) bond motifs is 1. The minimum Gasteiger partial charge on any atom is -0.314 e. The van der Waals surface area contributed by atoms with Crippen LogP contribution in [0.1, 0.15) is 25.6 Å². The SMILES string of the molecule is CC(C)C12N=C(c3ccccc3)C(N(C)C1=O)n1c(=O)n(-c3ccccc3)c(=O)n12. The molecule has 0 saturated carbocycles. The third-order valence-corrected chi connectivity index (χ3v) is 5.96. The van der Waals surface area contributed by atoms with Crippen molar-refractivity contribution in [1.29, 1.82) is 0 Å². The third kappa shape index (κ3) is 2.10. The summed E-state index contributed by atoms with van der Waals surface area (Å²) in [5, 5.41) is 0. The second-order valence-corrected chi connectivity index (χ2v) is 7.93. The maximum atomic E-state index is 13.5. The van der Waals surface area contributed by atoms with E-state index in [9.17, 15) is 14.4 Å². The number of amides is 1. The zero-order chi connectivity index (χ0) is 21.2. The molecular formula is C22H21N5O3. The molecule has 3 aromatic rings. The molecule has 4 heterocycles. The lowest BCUT2D eigenvalue weighted by molar-refractivity contribution is -0.154. The number of nitrogens with zero attached hydrogens (tertiary/aromatic N) is 5. The number of carbonyl (C=O) groups is 1. The summed E-state index contributed by atoms with van der Waals surface area (Å²) in [4.78, 5) is 46.8. The molecule has 0 fully saturated rings. The van der Waals surface area contributed by atoms with Crippen molar-refractivity contribution >= 4 is 11.6 Å². The number of hydrogen-bond donors (Lipinski definition) is 0. The number of carbonyl (C=O) groups excluding carboxylic acids is 1. The molecule has 30 heavy (non-hydrogen) atoms. The summed E-state index contributed by atoms with van der Waals surface area (Å²) in [6, 6.07) is 18.2. The standard InChI is InChI=1S/C22H21N5O3/c1-14(2)22-19(28)24(3)18(17(23-22)15-10-6-4-7-11-15)26-20(29)25(21(30)27(22)26)16-12-8-5-9-13-16/h4-14,18H,1-3H3. The minimum atomic E-state index is -1.52. The van der Waals surface area contributed by atoms with Gasteiger partial charge in [-0.3, -0.25) is 4.79 Å². The lowest BCUT2D eigenvalue weighted by Crippen LogP contribution is -2.68. The maximum Gasteiger partial charge on any atom is 0.354 e. The fourth-order valence-corrected chi connectivity index (χ4v) is 4.48. The zero-order valence-corrected chi connectivity index (χ0v) is 16.9. The highest BCUT2D eigenvalue weighted by Crippen LogP contribution is 2.42. The molecule has 0 aliphatic carbocycles. The van der Waals surface area contributed by atoms with Gasteiger partial charge in [-0.15, -0.1) is 0 Å². The fourth-order valence-electron chi connectivity index (χ4n) is 4.48. The van der Waals surface area contributed by atoms with Crippen molar-refractivity contribution in [1.82, 2.24) is 18.8 Å². The number of aromatic nitrogens is 3. The van der Waals surface area contributed by atoms with E-state index in [1.165, 1.54) is 14.3 Å². The predicted octanol–water partition coefficient (Wildman–Crippen LogP) is 1.58. The smallest absolute Gasteiger partial charge is 0.314 e. The van der Waals surface area contributed by atoms with E-state index in [1.54, 1.807) is 31.3 Å². The first-order chi connectivity index (χ1) is 14.4. The van der Waals surface area contributed by atoms with Gasteiger partial charge in [-0.1, -0.05) is 62.4 Å². The predicted molar refractivity (Wildman–Crippen MR) is 112 cm³/mol. The number of aliphatic imine (C=N–C) groups is 1. The molecule has 152 valence electrons. The quantitative estimate of drug-likeness (QED) is 0.666. The molecular weight excluding hydrogens is 382 g/mol. The van der Waals surface area contributed by atoms with Crippen LogP contribution in [0.5, 0.6) is 0 Å². The van der Waals surface area contributed by atoms with Crippen molar-refractivity contribution in [2.75, 3.05) is 7.05 Å². The highest BCUT2D eigenvalue weighted by molar-refractivity contribution is 6.09. The number of rotatable bonds is 3. The average molecular weight is 403 g/mol. The molecule has 3 aliphatic rings. The monoisotopic (exact) mass is 403 g/mol. The maximum absolute atomic E-state index is 13.5. The van der Waals surface area contributed by atoms with Crippen LogP contribution in [-0.2, 0) is 10.5 Å². The Hall–Kier alpha value is -3.68. The van der Waals surface area contributed by atoms with E-state index in [4.69, 9.17) is 4.99 Å². The van der Waals surface area contributed by atoms with E-state index in [2.05, 4.69) is 0 Å². The Labute approximate surface area is 172 Å². The lowest BCUT2D eigenvalue weighted by Gasteiger charge is -2.50. The summed E-state index contributed by atoms with van der Waals surface area (Å²) in [6.45, 7) is 3.68. The molecule has 2 atom stereocenters. The third-order valence-electron chi connectivity index (χ3n) is 5.96. The highest BCUT2D eigenvalue weighted by Gasteiger charge is 2.59. The molecule has 3 aliphatic heterocycles. The highest BCUT2D eigenvalue weighted by atomic mass is 16.2. The Morgan fingerprint density at radius 3 is 2.10 bits per heavy atom. The van der Waals surface area contributed by atoms with E-state index < -0.39 is 23.2 Å². The molecule has 0 spiro atoms. The summed E-state index contributed by atoms with van der Waals surface area (Å²) < 4.78 is 3.75. The average Bonchev–Trinajstić information content (AvgIpc) is 3.03. The van der Waals surface area contributed by atoms with Crippen molar-refractivity contribution in [3.63, 3.8) is 0 Å². The van der Waals surface area contributed by atoms with Crippen LogP contribution in [0.15, 0.2) is 75.2 Å². The van der Waals surface area contributed by atoms with Crippen LogP contribution in [0.4, 0.5) is 0 Å². The number of benzene rings is 2. The van der Waals surface area contributed by atoms with Crippen LogP contribution in [-0.4, -0.2) is 37.5 Å². The fraction of sp³-hybridized carbons (Fsp3) is 0.273. The van der Waals surface area contributed by atoms with E-state index in [1.807, 2.05) is 50.2 Å². The Morgan fingerprint density at radius 2 is 1.50 bits per heavy atom. The largest absolute Gasteiger partial charge is 0.354 e. The first-order valence-corrected chi connectivity index (χ1v) is 9.84. The van der Waals surface area contributed by atoms with Gasteiger partial charge in [-0.2, -0.15) is 9.36 Å². The van der Waals surface area contributed by atoms with Gasteiger partial charge in [0.05, 0.1) is 11.4 Å². The van der Waals surface area contributed by atoms with Crippen LogP contribution in [0.25, 0.3) is 5.69 Å². The molecule has 8 heteroatoms. The summed E-state index contributed by atoms with van der Waals surface area (Å²) in [6.07, 6.45) is -0.800. The van der Waals surface area contributed by atoms with Crippen molar-refractivity contribution in [2.45, 2.75) is 25.7 Å². The van der Waals surface area contributed by atoms with Crippen LogP contribution >= 0.6 is 0 Å². The topological polar surface area (TPSA) is 81.6 Å². The molecule has 2 bridgehead atoms. The normalized spacial score (nSPS) is 22.4. The van der Waals surface area contributed by atoms with Gasteiger partial charge in [0.25, 0.3) is 5.91 Å². The number of likely N-dealkylation sites (N-methyl/N-ethyl adjacent to an activating group) is 1. The Bertz CT molecular complexity index is 1300. The molecule has 1 aromatic heterocycles. The number of para-hydroxylation sites is 1. The molecule has 2 unspecified atom stereocenters. The van der Waals surface area contributed by atoms with Crippen LogP contribution in [0.2, 0.25) is 0 Å². The van der Waals surface area contributed by atoms with E-state index in [0.29, 0.717) is 11.4 Å². The summed E-state index contributed by atoms with van der Waals surface area (Å²) >= 11 is 0. The zero-order valence-electron chi connectivity index (χ0n) is 16.9. The second kappa shape index (κ2) is 6.16. The molecule has 1 amide bonds. The Morgan fingerprint density at radius 1 is 0.900 bits per heavy atom. The van der Waals surface area contributed by atoms with Crippen LogP contribution < -0.4 is 11.4 Å². The van der Waals surface area contributed by atoms with E-state index >= 15 is 0 Å².